The van der Waals surface area contributed by atoms with Crippen molar-refractivity contribution in [1.29, 1.82) is 0 Å². The zero-order valence-electron chi connectivity index (χ0n) is 17.5. The van der Waals surface area contributed by atoms with Crippen molar-refractivity contribution < 1.29 is 28.6 Å². The largest absolute Gasteiger partial charge is 0.467 e. The first-order chi connectivity index (χ1) is 14.3. The van der Waals surface area contributed by atoms with Crippen LogP contribution in [0, 0.1) is 0 Å². The van der Waals surface area contributed by atoms with E-state index in [2.05, 4.69) is 15.6 Å². The van der Waals surface area contributed by atoms with Crippen LogP contribution in [0.5, 0.6) is 0 Å². The summed E-state index contributed by atoms with van der Waals surface area (Å²) in [5, 5.41) is 6.29. The standard InChI is InChI=1S/C20H26N4O6/c1-11(19(26)28-3)22-13-8-15-16(23-12(2)25)17(20(27)29-4)24(18(15)21-9-13)10-14-6-5-7-30-14/h8-9,11,14,22H,5-7,10H2,1-4H3,(H,23,25). The zero-order valence-corrected chi connectivity index (χ0v) is 17.5. The molecule has 3 rings (SSSR count). The minimum absolute atomic E-state index is 0.0619. The number of pyridine rings is 1. The first kappa shape index (κ1) is 21.6. The molecule has 1 fully saturated rings. The molecule has 2 unspecified atom stereocenters. The summed E-state index contributed by atoms with van der Waals surface area (Å²) in [6, 6.07) is 1.12. The van der Waals surface area contributed by atoms with Gasteiger partial charge in [0.2, 0.25) is 5.91 Å². The van der Waals surface area contributed by atoms with Gasteiger partial charge in [0.25, 0.3) is 0 Å². The molecule has 3 heterocycles. The molecule has 0 saturated carbocycles. The van der Waals surface area contributed by atoms with Crippen LogP contribution in [0.3, 0.4) is 0 Å². The quantitative estimate of drug-likeness (QED) is 0.655. The molecule has 1 aliphatic heterocycles. The fourth-order valence-corrected chi connectivity index (χ4v) is 3.57. The summed E-state index contributed by atoms with van der Waals surface area (Å²) < 4.78 is 17.2. The van der Waals surface area contributed by atoms with Crippen molar-refractivity contribution in [3.63, 3.8) is 0 Å². The number of ether oxygens (including phenoxy) is 3. The SMILES string of the molecule is COC(=O)c1c(NC(C)=O)c2cc(NC(C)C(=O)OC)cnc2n1CC1CCCO1. The van der Waals surface area contributed by atoms with Crippen LogP contribution in [-0.2, 0) is 30.3 Å². The normalized spacial score (nSPS) is 16.9. The van der Waals surface area contributed by atoms with Crippen LogP contribution in [0.25, 0.3) is 11.0 Å². The van der Waals surface area contributed by atoms with Crippen molar-refractivity contribution in [3.05, 3.63) is 18.0 Å². The van der Waals surface area contributed by atoms with Crippen molar-refractivity contribution in [2.75, 3.05) is 31.5 Å². The van der Waals surface area contributed by atoms with Gasteiger partial charge in [-0.25, -0.2) is 14.6 Å². The Balaban J connectivity index is 2.13. The second-order valence-corrected chi connectivity index (χ2v) is 7.13. The Morgan fingerprint density at radius 1 is 1.33 bits per heavy atom. The number of carbonyl (C=O) groups is 3. The van der Waals surface area contributed by atoms with Crippen LogP contribution in [0.4, 0.5) is 11.4 Å². The van der Waals surface area contributed by atoms with E-state index in [9.17, 15) is 14.4 Å². The number of hydrogen-bond donors (Lipinski definition) is 2. The summed E-state index contributed by atoms with van der Waals surface area (Å²) in [7, 11) is 2.59. The number of nitrogens with zero attached hydrogens (tertiary/aromatic N) is 2. The van der Waals surface area contributed by atoms with Gasteiger partial charge >= 0.3 is 11.9 Å². The van der Waals surface area contributed by atoms with Crippen molar-refractivity contribution in [1.82, 2.24) is 9.55 Å². The van der Waals surface area contributed by atoms with E-state index in [0.717, 1.165) is 12.8 Å². The number of esters is 2. The summed E-state index contributed by atoms with van der Waals surface area (Å²) in [6.45, 7) is 4.09. The topological polar surface area (TPSA) is 121 Å². The fourth-order valence-electron chi connectivity index (χ4n) is 3.57. The number of hydrogen-bond acceptors (Lipinski definition) is 8. The molecule has 2 aromatic heterocycles. The van der Waals surface area contributed by atoms with Crippen LogP contribution >= 0.6 is 0 Å². The lowest BCUT2D eigenvalue weighted by Gasteiger charge is -2.15. The summed E-state index contributed by atoms with van der Waals surface area (Å²) in [5.41, 5.74) is 1.55. The highest BCUT2D eigenvalue weighted by molar-refractivity contribution is 6.11. The first-order valence-electron chi connectivity index (χ1n) is 9.69. The van der Waals surface area contributed by atoms with Gasteiger partial charge in [-0.1, -0.05) is 0 Å². The number of methoxy groups -OCH3 is 2. The van der Waals surface area contributed by atoms with Crippen LogP contribution in [0.1, 0.15) is 37.2 Å². The van der Waals surface area contributed by atoms with E-state index < -0.39 is 18.0 Å². The lowest BCUT2D eigenvalue weighted by Crippen LogP contribution is -2.27. The van der Waals surface area contributed by atoms with E-state index in [1.807, 2.05) is 0 Å². The number of fused-ring (bicyclic) bond motifs is 1. The second kappa shape index (κ2) is 9.12. The number of amides is 1. The van der Waals surface area contributed by atoms with Gasteiger partial charge < -0.3 is 29.4 Å². The Hall–Kier alpha value is -3.14. The third kappa shape index (κ3) is 4.38. The van der Waals surface area contributed by atoms with Gasteiger partial charge in [0, 0.05) is 18.9 Å². The molecule has 2 N–H and O–H groups in total. The molecule has 30 heavy (non-hydrogen) atoms. The van der Waals surface area contributed by atoms with Crippen LogP contribution in [0.2, 0.25) is 0 Å². The Morgan fingerprint density at radius 3 is 2.70 bits per heavy atom. The van der Waals surface area contributed by atoms with Crippen molar-refractivity contribution in [2.24, 2.45) is 0 Å². The van der Waals surface area contributed by atoms with E-state index in [-0.39, 0.29) is 17.7 Å². The highest BCUT2D eigenvalue weighted by Gasteiger charge is 2.28. The number of nitrogens with one attached hydrogen (secondary N) is 2. The number of anilines is 2. The van der Waals surface area contributed by atoms with Crippen molar-refractivity contribution >= 4 is 40.3 Å². The van der Waals surface area contributed by atoms with E-state index >= 15 is 0 Å². The number of rotatable bonds is 7. The van der Waals surface area contributed by atoms with Crippen molar-refractivity contribution in [2.45, 2.75) is 45.4 Å². The van der Waals surface area contributed by atoms with Crippen LogP contribution < -0.4 is 10.6 Å². The Labute approximate surface area is 173 Å². The summed E-state index contributed by atoms with van der Waals surface area (Å²) in [5.74, 6) is -1.35. The zero-order chi connectivity index (χ0) is 21.8. The Morgan fingerprint density at radius 2 is 2.10 bits per heavy atom. The van der Waals surface area contributed by atoms with E-state index in [1.54, 1.807) is 23.8 Å². The molecule has 0 aliphatic carbocycles. The Kier molecular flexibility index (Phi) is 6.56. The number of carbonyl (C=O) groups excluding carboxylic acids is 3. The molecule has 0 aromatic carbocycles. The van der Waals surface area contributed by atoms with Crippen LogP contribution in [0.15, 0.2) is 12.3 Å². The summed E-state index contributed by atoms with van der Waals surface area (Å²) in [6.07, 6.45) is 3.31. The minimum atomic E-state index is -0.604. The molecular weight excluding hydrogens is 392 g/mol. The third-order valence-electron chi connectivity index (χ3n) is 4.93. The highest BCUT2D eigenvalue weighted by Crippen LogP contribution is 2.33. The molecule has 10 heteroatoms. The maximum absolute atomic E-state index is 12.6. The average molecular weight is 418 g/mol. The first-order valence-corrected chi connectivity index (χ1v) is 9.69. The van der Waals surface area contributed by atoms with Gasteiger partial charge in [-0.15, -0.1) is 0 Å². The molecule has 162 valence electrons. The fraction of sp³-hybridized carbons (Fsp3) is 0.500. The van der Waals surface area contributed by atoms with E-state index in [4.69, 9.17) is 14.2 Å². The predicted molar refractivity (Wildman–Crippen MR) is 109 cm³/mol. The van der Waals surface area contributed by atoms with E-state index in [0.29, 0.717) is 35.6 Å². The molecule has 10 nitrogen and oxygen atoms in total. The number of aromatic nitrogens is 2. The van der Waals surface area contributed by atoms with Gasteiger partial charge in [-0.3, -0.25) is 4.79 Å². The van der Waals surface area contributed by atoms with E-state index in [1.165, 1.54) is 21.1 Å². The molecule has 0 spiro atoms. The maximum atomic E-state index is 12.6. The Bertz CT molecular complexity index is 964. The molecule has 2 atom stereocenters. The van der Waals surface area contributed by atoms with Gasteiger partial charge in [0.1, 0.15) is 11.7 Å². The van der Waals surface area contributed by atoms with Gasteiger partial charge in [0.05, 0.1) is 44.4 Å². The average Bonchev–Trinajstić information content (AvgIpc) is 3.33. The second-order valence-electron chi connectivity index (χ2n) is 7.13. The lowest BCUT2D eigenvalue weighted by molar-refractivity contribution is -0.141. The summed E-state index contributed by atoms with van der Waals surface area (Å²) >= 11 is 0. The maximum Gasteiger partial charge on any atom is 0.356 e. The molecule has 1 amide bonds. The smallest absolute Gasteiger partial charge is 0.356 e. The molecular formula is C20H26N4O6. The highest BCUT2D eigenvalue weighted by atomic mass is 16.5. The van der Waals surface area contributed by atoms with Crippen LogP contribution in [-0.4, -0.2) is 60.4 Å². The van der Waals surface area contributed by atoms with Gasteiger partial charge in [-0.2, -0.15) is 0 Å². The molecule has 1 aliphatic rings. The van der Waals surface area contributed by atoms with Crippen molar-refractivity contribution in [3.8, 4) is 0 Å². The lowest BCUT2D eigenvalue weighted by atomic mass is 10.2. The monoisotopic (exact) mass is 418 g/mol. The van der Waals surface area contributed by atoms with Gasteiger partial charge in [-0.05, 0) is 25.8 Å². The predicted octanol–water partition coefficient (Wildman–Crippen LogP) is 1.93. The minimum Gasteiger partial charge on any atom is -0.467 e. The molecule has 0 bridgehead atoms. The summed E-state index contributed by atoms with van der Waals surface area (Å²) in [4.78, 5) is 40.7. The third-order valence-corrected chi connectivity index (χ3v) is 4.93. The molecule has 0 radical (unpaired) electrons. The molecule has 2 aromatic rings. The van der Waals surface area contributed by atoms with Gasteiger partial charge in [0.15, 0.2) is 5.69 Å². The molecule has 1 saturated heterocycles.